The predicted octanol–water partition coefficient (Wildman–Crippen LogP) is 2.94. The molecule has 3 heteroatoms. The molecule has 0 aliphatic heterocycles. The molecule has 1 aromatic rings. The molecule has 1 aromatic heterocycles. The maximum Gasteiger partial charge on any atom is 0.105 e. The van der Waals surface area contributed by atoms with E-state index in [1.54, 1.807) is 0 Å². The highest BCUT2D eigenvalue weighted by atomic mass is 16.3. The molecule has 0 radical (unpaired) electrons. The minimum Gasteiger partial charge on any atom is -0.466 e. The van der Waals surface area contributed by atoms with Crippen LogP contribution in [0.15, 0.2) is 10.5 Å². The lowest BCUT2D eigenvalue weighted by Gasteiger charge is -2.21. The molecule has 0 spiro atoms. The van der Waals surface area contributed by atoms with Gasteiger partial charge in [0.2, 0.25) is 0 Å². The van der Waals surface area contributed by atoms with E-state index in [1.807, 2.05) is 13.8 Å². The molecule has 0 aliphatic rings. The van der Waals surface area contributed by atoms with Crippen molar-refractivity contribution in [3.63, 3.8) is 0 Å². The van der Waals surface area contributed by atoms with Gasteiger partial charge in [0, 0.05) is 30.2 Å². The lowest BCUT2D eigenvalue weighted by molar-refractivity contribution is 0.412. The molecule has 0 saturated carbocycles. The van der Waals surface area contributed by atoms with Gasteiger partial charge in [-0.25, -0.2) is 0 Å². The van der Waals surface area contributed by atoms with Gasteiger partial charge < -0.3 is 15.1 Å². The first-order valence-corrected chi connectivity index (χ1v) is 6.35. The van der Waals surface area contributed by atoms with E-state index >= 15 is 0 Å². The Morgan fingerprint density at radius 1 is 1.24 bits per heavy atom. The Balaban J connectivity index is 2.35. The lowest BCUT2D eigenvalue weighted by atomic mass is 10.1. The van der Waals surface area contributed by atoms with E-state index in [0.29, 0.717) is 6.04 Å². The minimum absolute atomic E-state index is 0.188. The standard InChI is InChI=1S/C14H26N2O/c1-10-9-13(12(3)17-10)11(2)15-7-8-16-14(4,5)6/h9,11,15-16H,7-8H2,1-6H3. The van der Waals surface area contributed by atoms with E-state index in [-0.39, 0.29) is 5.54 Å². The van der Waals surface area contributed by atoms with Crippen molar-refractivity contribution in [2.75, 3.05) is 13.1 Å². The monoisotopic (exact) mass is 238 g/mol. The van der Waals surface area contributed by atoms with Crippen LogP contribution in [0.5, 0.6) is 0 Å². The summed E-state index contributed by atoms with van der Waals surface area (Å²) in [7, 11) is 0. The average Bonchev–Trinajstić information content (AvgIpc) is 2.51. The second kappa shape index (κ2) is 5.69. The highest BCUT2D eigenvalue weighted by molar-refractivity contribution is 5.23. The van der Waals surface area contributed by atoms with Crippen molar-refractivity contribution < 1.29 is 4.42 Å². The van der Waals surface area contributed by atoms with Crippen molar-refractivity contribution in [2.24, 2.45) is 0 Å². The molecule has 1 heterocycles. The normalized spacial score (nSPS) is 14.0. The summed E-state index contributed by atoms with van der Waals surface area (Å²) in [6, 6.07) is 2.46. The quantitative estimate of drug-likeness (QED) is 0.774. The summed E-state index contributed by atoms with van der Waals surface area (Å²) in [5.74, 6) is 2.00. The van der Waals surface area contributed by atoms with E-state index in [9.17, 15) is 0 Å². The van der Waals surface area contributed by atoms with Crippen molar-refractivity contribution in [1.29, 1.82) is 0 Å². The summed E-state index contributed by atoms with van der Waals surface area (Å²) in [6.07, 6.45) is 0. The molecule has 0 fully saturated rings. The van der Waals surface area contributed by atoms with Crippen molar-refractivity contribution in [1.82, 2.24) is 10.6 Å². The van der Waals surface area contributed by atoms with E-state index < -0.39 is 0 Å². The molecule has 3 nitrogen and oxygen atoms in total. The Hall–Kier alpha value is -0.800. The van der Waals surface area contributed by atoms with Crippen molar-refractivity contribution >= 4 is 0 Å². The average molecular weight is 238 g/mol. The van der Waals surface area contributed by atoms with Crippen LogP contribution in [0.4, 0.5) is 0 Å². The summed E-state index contributed by atoms with van der Waals surface area (Å²) in [6.45, 7) is 14.7. The third-order valence-electron chi connectivity index (χ3n) is 2.78. The molecule has 0 bridgehead atoms. The minimum atomic E-state index is 0.188. The summed E-state index contributed by atoms with van der Waals surface area (Å²) < 4.78 is 5.54. The first kappa shape index (κ1) is 14.3. The summed E-state index contributed by atoms with van der Waals surface area (Å²) in [4.78, 5) is 0. The fourth-order valence-electron chi connectivity index (χ4n) is 1.92. The highest BCUT2D eigenvalue weighted by Gasteiger charge is 2.12. The van der Waals surface area contributed by atoms with Crippen LogP contribution in [-0.2, 0) is 0 Å². The van der Waals surface area contributed by atoms with Gasteiger partial charge in [0.1, 0.15) is 11.5 Å². The smallest absolute Gasteiger partial charge is 0.105 e. The Bertz CT molecular complexity index is 350. The van der Waals surface area contributed by atoms with Crippen LogP contribution in [0.25, 0.3) is 0 Å². The molecular formula is C14H26N2O. The van der Waals surface area contributed by atoms with E-state index in [1.165, 1.54) is 5.56 Å². The first-order valence-electron chi connectivity index (χ1n) is 6.35. The van der Waals surface area contributed by atoms with E-state index in [4.69, 9.17) is 4.42 Å². The fraction of sp³-hybridized carbons (Fsp3) is 0.714. The van der Waals surface area contributed by atoms with Crippen LogP contribution < -0.4 is 10.6 Å². The van der Waals surface area contributed by atoms with Crippen molar-refractivity contribution in [2.45, 2.75) is 53.1 Å². The SMILES string of the molecule is Cc1cc(C(C)NCCNC(C)(C)C)c(C)o1. The largest absolute Gasteiger partial charge is 0.466 e. The zero-order valence-corrected chi connectivity index (χ0v) is 12.0. The maximum atomic E-state index is 5.54. The van der Waals surface area contributed by atoms with Gasteiger partial charge in [-0.3, -0.25) is 0 Å². The molecule has 1 unspecified atom stereocenters. The van der Waals surface area contributed by atoms with Crippen LogP contribution in [0, 0.1) is 13.8 Å². The number of furan rings is 1. The van der Waals surface area contributed by atoms with Gasteiger partial charge in [0.05, 0.1) is 0 Å². The number of rotatable bonds is 5. The van der Waals surface area contributed by atoms with E-state index in [0.717, 1.165) is 24.6 Å². The number of aryl methyl sites for hydroxylation is 2. The second-order valence-corrected chi connectivity index (χ2v) is 5.72. The zero-order chi connectivity index (χ0) is 13.1. The molecule has 0 aromatic carbocycles. The Labute approximate surface area is 105 Å². The van der Waals surface area contributed by atoms with Crippen molar-refractivity contribution in [3.8, 4) is 0 Å². The Morgan fingerprint density at radius 2 is 1.88 bits per heavy atom. The van der Waals surface area contributed by atoms with Crippen LogP contribution in [0.3, 0.4) is 0 Å². The van der Waals surface area contributed by atoms with Crippen LogP contribution in [0.1, 0.15) is 50.8 Å². The third kappa shape index (κ3) is 4.92. The zero-order valence-electron chi connectivity index (χ0n) is 12.0. The molecule has 2 N–H and O–H groups in total. The highest BCUT2D eigenvalue weighted by Crippen LogP contribution is 2.20. The van der Waals surface area contributed by atoms with Crippen LogP contribution >= 0.6 is 0 Å². The molecule has 98 valence electrons. The first-order chi connectivity index (χ1) is 7.79. The molecule has 0 aliphatic carbocycles. The molecule has 0 saturated heterocycles. The van der Waals surface area contributed by atoms with Crippen LogP contribution in [-0.4, -0.2) is 18.6 Å². The number of hydrogen-bond donors (Lipinski definition) is 2. The molecule has 0 amide bonds. The Kier molecular flexibility index (Phi) is 4.78. The predicted molar refractivity (Wildman–Crippen MR) is 72.4 cm³/mol. The third-order valence-corrected chi connectivity index (χ3v) is 2.78. The Morgan fingerprint density at radius 3 is 2.35 bits per heavy atom. The van der Waals surface area contributed by atoms with Gasteiger partial charge in [-0.15, -0.1) is 0 Å². The summed E-state index contributed by atoms with van der Waals surface area (Å²) in [5.41, 5.74) is 1.45. The molecule has 1 atom stereocenters. The summed E-state index contributed by atoms with van der Waals surface area (Å²) in [5, 5.41) is 6.97. The molecular weight excluding hydrogens is 212 g/mol. The molecule has 17 heavy (non-hydrogen) atoms. The lowest BCUT2D eigenvalue weighted by Crippen LogP contribution is -2.40. The fourth-order valence-corrected chi connectivity index (χ4v) is 1.92. The van der Waals surface area contributed by atoms with Crippen LogP contribution in [0.2, 0.25) is 0 Å². The van der Waals surface area contributed by atoms with Gasteiger partial charge in [-0.1, -0.05) is 0 Å². The van der Waals surface area contributed by atoms with Gasteiger partial charge in [0.25, 0.3) is 0 Å². The van der Waals surface area contributed by atoms with Gasteiger partial charge in [-0.05, 0) is 47.6 Å². The van der Waals surface area contributed by atoms with Crippen molar-refractivity contribution in [3.05, 3.63) is 23.2 Å². The van der Waals surface area contributed by atoms with Gasteiger partial charge >= 0.3 is 0 Å². The van der Waals surface area contributed by atoms with Gasteiger partial charge in [-0.2, -0.15) is 0 Å². The van der Waals surface area contributed by atoms with E-state index in [2.05, 4.69) is 44.4 Å². The number of nitrogens with one attached hydrogen (secondary N) is 2. The summed E-state index contributed by atoms with van der Waals surface area (Å²) >= 11 is 0. The number of hydrogen-bond acceptors (Lipinski definition) is 3. The van der Waals surface area contributed by atoms with Gasteiger partial charge in [0.15, 0.2) is 0 Å². The second-order valence-electron chi connectivity index (χ2n) is 5.72. The topological polar surface area (TPSA) is 37.2 Å². The maximum absolute atomic E-state index is 5.54. The molecule has 1 rings (SSSR count).